The van der Waals surface area contributed by atoms with E-state index in [0.29, 0.717) is 18.7 Å². The van der Waals surface area contributed by atoms with Crippen LogP contribution >= 0.6 is 0 Å². The molecule has 26 heavy (non-hydrogen) atoms. The second-order valence-electron chi connectivity index (χ2n) is 6.04. The van der Waals surface area contributed by atoms with Crippen molar-refractivity contribution in [1.82, 2.24) is 14.7 Å². The van der Waals surface area contributed by atoms with Crippen LogP contribution in [0.2, 0.25) is 0 Å². The van der Waals surface area contributed by atoms with Crippen molar-refractivity contribution in [3.05, 3.63) is 66.5 Å². The maximum atomic E-state index is 12.6. The highest BCUT2D eigenvalue weighted by molar-refractivity contribution is 5.87. The van der Waals surface area contributed by atoms with Crippen LogP contribution in [0, 0.1) is 0 Å². The Bertz CT molecular complexity index is 757. The lowest BCUT2D eigenvalue weighted by Gasteiger charge is -2.19. The molecule has 138 valence electrons. The third kappa shape index (κ3) is 3.96. The molecule has 1 aliphatic heterocycles. The summed E-state index contributed by atoms with van der Waals surface area (Å²) in [5, 5.41) is 4.21. The minimum Gasteiger partial charge on any atom is -0.369 e. The molecule has 2 atom stereocenters. The normalized spacial score (nSPS) is 20.3. The maximum absolute atomic E-state index is 12.6. The summed E-state index contributed by atoms with van der Waals surface area (Å²) in [6, 6.07) is 6.48. The van der Waals surface area contributed by atoms with Gasteiger partial charge in [0, 0.05) is 25.5 Å². The first kappa shape index (κ1) is 18.2. The number of hydrogen-bond donors (Lipinski definition) is 0. The van der Waals surface area contributed by atoms with Crippen molar-refractivity contribution in [3.8, 4) is 0 Å². The Kier molecular flexibility index (Phi) is 5.13. The van der Waals surface area contributed by atoms with E-state index in [2.05, 4.69) is 11.7 Å². The summed E-state index contributed by atoms with van der Waals surface area (Å²) < 4.78 is 45.5. The summed E-state index contributed by atoms with van der Waals surface area (Å²) >= 11 is 0. The Morgan fingerprint density at radius 2 is 2.04 bits per heavy atom. The van der Waals surface area contributed by atoms with Gasteiger partial charge in [0.05, 0.1) is 24.3 Å². The van der Waals surface area contributed by atoms with Crippen molar-refractivity contribution < 1.29 is 22.7 Å². The molecular formula is C18H18F3N3O2. The van der Waals surface area contributed by atoms with Crippen LogP contribution in [-0.4, -0.2) is 39.8 Å². The van der Waals surface area contributed by atoms with E-state index in [-0.39, 0.29) is 24.7 Å². The standard InChI is InChI=1S/C18H18F3N3O2/c1-2-17(25)23-10-15(24-9-3-8-22-24)16(11-23)26-12-13-4-6-14(7-5-13)18(19,20)21/h2-9,15-16H,1,10-12H2/t15-,16-/m1/s1. The SMILES string of the molecule is C=CC(=O)N1C[C@@H](n2cccn2)[C@H](OCc2ccc(C(F)(F)F)cc2)C1. The van der Waals surface area contributed by atoms with Crippen molar-refractivity contribution in [2.45, 2.75) is 24.9 Å². The summed E-state index contributed by atoms with van der Waals surface area (Å²) in [5.74, 6) is -0.192. The molecule has 8 heteroatoms. The predicted molar refractivity (Wildman–Crippen MR) is 88.1 cm³/mol. The lowest BCUT2D eigenvalue weighted by Crippen LogP contribution is -2.28. The molecule has 0 aliphatic carbocycles. The first-order valence-corrected chi connectivity index (χ1v) is 8.06. The number of halogens is 3. The number of aromatic nitrogens is 2. The average Bonchev–Trinajstić information content (AvgIpc) is 3.28. The minimum absolute atomic E-state index is 0.149. The van der Waals surface area contributed by atoms with Gasteiger partial charge in [0.15, 0.2) is 0 Å². The summed E-state index contributed by atoms with van der Waals surface area (Å²) in [4.78, 5) is 13.5. The minimum atomic E-state index is -4.36. The van der Waals surface area contributed by atoms with Gasteiger partial charge in [0.2, 0.25) is 5.91 Å². The van der Waals surface area contributed by atoms with Crippen LogP contribution < -0.4 is 0 Å². The molecule has 5 nitrogen and oxygen atoms in total. The second kappa shape index (κ2) is 7.33. The summed E-state index contributed by atoms with van der Waals surface area (Å²) in [6.07, 6.45) is 0.00688. The fourth-order valence-electron chi connectivity index (χ4n) is 2.95. The van der Waals surface area contributed by atoms with Crippen LogP contribution in [0.3, 0.4) is 0 Å². The van der Waals surface area contributed by atoms with Gasteiger partial charge < -0.3 is 9.64 Å². The monoisotopic (exact) mass is 365 g/mol. The predicted octanol–water partition coefficient (Wildman–Crippen LogP) is 3.06. The van der Waals surface area contributed by atoms with E-state index < -0.39 is 11.7 Å². The first-order valence-electron chi connectivity index (χ1n) is 8.06. The molecular weight excluding hydrogens is 347 g/mol. The molecule has 2 heterocycles. The Balaban J connectivity index is 1.68. The fourth-order valence-corrected chi connectivity index (χ4v) is 2.95. The molecule has 0 saturated carbocycles. The Morgan fingerprint density at radius 1 is 1.31 bits per heavy atom. The molecule has 1 amide bonds. The second-order valence-corrected chi connectivity index (χ2v) is 6.04. The topological polar surface area (TPSA) is 47.4 Å². The third-order valence-corrected chi connectivity index (χ3v) is 4.33. The number of ether oxygens (including phenoxy) is 1. The van der Waals surface area contributed by atoms with Crippen molar-refractivity contribution in [1.29, 1.82) is 0 Å². The zero-order chi connectivity index (χ0) is 18.7. The first-order chi connectivity index (χ1) is 12.4. The Hall–Kier alpha value is -2.61. The van der Waals surface area contributed by atoms with Gasteiger partial charge in [-0.15, -0.1) is 0 Å². The van der Waals surface area contributed by atoms with E-state index in [9.17, 15) is 18.0 Å². The number of rotatable bonds is 5. The van der Waals surface area contributed by atoms with Crippen LogP contribution in [0.15, 0.2) is 55.4 Å². The highest BCUT2D eigenvalue weighted by Crippen LogP contribution is 2.30. The van der Waals surface area contributed by atoms with Crippen molar-refractivity contribution >= 4 is 5.91 Å². The summed E-state index contributed by atoms with van der Waals surface area (Å²) in [5.41, 5.74) is -0.0648. The zero-order valence-corrected chi connectivity index (χ0v) is 13.9. The van der Waals surface area contributed by atoms with E-state index in [4.69, 9.17) is 4.74 Å². The highest BCUT2D eigenvalue weighted by Gasteiger charge is 2.37. The Labute approximate surface area is 148 Å². The molecule has 1 fully saturated rings. The molecule has 0 radical (unpaired) electrons. The number of alkyl halides is 3. The van der Waals surface area contributed by atoms with E-state index >= 15 is 0 Å². The third-order valence-electron chi connectivity index (χ3n) is 4.33. The van der Waals surface area contributed by atoms with Gasteiger partial charge in [0.1, 0.15) is 0 Å². The van der Waals surface area contributed by atoms with Crippen molar-refractivity contribution in [2.24, 2.45) is 0 Å². The lowest BCUT2D eigenvalue weighted by molar-refractivity contribution is -0.137. The number of carbonyl (C=O) groups excluding carboxylic acids is 1. The average molecular weight is 365 g/mol. The Morgan fingerprint density at radius 3 is 2.62 bits per heavy atom. The van der Waals surface area contributed by atoms with Gasteiger partial charge >= 0.3 is 6.18 Å². The maximum Gasteiger partial charge on any atom is 0.416 e. The van der Waals surface area contributed by atoms with Crippen LogP contribution in [0.25, 0.3) is 0 Å². The quantitative estimate of drug-likeness (QED) is 0.765. The molecule has 2 aromatic rings. The molecule has 0 N–H and O–H groups in total. The largest absolute Gasteiger partial charge is 0.416 e. The van der Waals surface area contributed by atoms with E-state index in [1.54, 1.807) is 28.0 Å². The van der Waals surface area contributed by atoms with Crippen LogP contribution in [0.4, 0.5) is 13.2 Å². The van der Waals surface area contributed by atoms with Gasteiger partial charge in [-0.25, -0.2) is 0 Å². The number of amides is 1. The molecule has 0 unspecified atom stereocenters. The smallest absolute Gasteiger partial charge is 0.369 e. The van der Waals surface area contributed by atoms with Gasteiger partial charge in [-0.1, -0.05) is 18.7 Å². The molecule has 1 aromatic carbocycles. The van der Waals surface area contributed by atoms with Gasteiger partial charge in [-0.3, -0.25) is 9.48 Å². The zero-order valence-electron chi connectivity index (χ0n) is 13.9. The van der Waals surface area contributed by atoms with E-state index in [0.717, 1.165) is 12.1 Å². The summed E-state index contributed by atoms with van der Waals surface area (Å²) in [7, 11) is 0. The lowest BCUT2D eigenvalue weighted by atomic mass is 10.1. The molecule has 0 spiro atoms. The molecule has 1 aliphatic rings. The van der Waals surface area contributed by atoms with Gasteiger partial charge in [-0.2, -0.15) is 18.3 Å². The van der Waals surface area contributed by atoms with Crippen molar-refractivity contribution in [3.63, 3.8) is 0 Å². The number of carbonyl (C=O) groups is 1. The van der Waals surface area contributed by atoms with E-state index in [1.807, 2.05) is 0 Å². The molecule has 3 rings (SSSR count). The summed E-state index contributed by atoms with van der Waals surface area (Å²) in [6.45, 7) is 4.45. The van der Waals surface area contributed by atoms with E-state index in [1.165, 1.54) is 18.2 Å². The van der Waals surface area contributed by atoms with Crippen LogP contribution in [0.1, 0.15) is 17.2 Å². The number of nitrogens with zero attached hydrogens (tertiary/aromatic N) is 3. The van der Waals surface area contributed by atoms with Gasteiger partial charge in [0.25, 0.3) is 0 Å². The molecule has 1 saturated heterocycles. The highest BCUT2D eigenvalue weighted by atomic mass is 19.4. The van der Waals surface area contributed by atoms with Gasteiger partial charge in [-0.05, 0) is 29.8 Å². The van der Waals surface area contributed by atoms with Crippen LogP contribution in [0.5, 0.6) is 0 Å². The van der Waals surface area contributed by atoms with Crippen LogP contribution in [-0.2, 0) is 22.3 Å². The van der Waals surface area contributed by atoms with Crippen molar-refractivity contribution in [2.75, 3.05) is 13.1 Å². The number of likely N-dealkylation sites (tertiary alicyclic amines) is 1. The fraction of sp³-hybridized carbons (Fsp3) is 0.333. The number of hydrogen-bond acceptors (Lipinski definition) is 3. The molecule has 1 aromatic heterocycles. The number of benzene rings is 1. The molecule has 0 bridgehead atoms.